The van der Waals surface area contributed by atoms with E-state index in [1.807, 2.05) is 43.3 Å². The first kappa shape index (κ1) is 24.3. The van der Waals surface area contributed by atoms with Gasteiger partial charge in [-0.2, -0.15) is 0 Å². The summed E-state index contributed by atoms with van der Waals surface area (Å²) in [5.41, 5.74) is 4.96. The quantitative estimate of drug-likeness (QED) is 0.326. The first-order valence-corrected chi connectivity index (χ1v) is 12.1. The molecule has 178 valence electrons. The maximum atomic E-state index is 14.8. The predicted molar refractivity (Wildman–Crippen MR) is 132 cm³/mol. The molecule has 34 heavy (non-hydrogen) atoms. The van der Waals surface area contributed by atoms with Gasteiger partial charge in [-0.25, -0.2) is 13.2 Å². The first-order valence-electron chi connectivity index (χ1n) is 12.1. The van der Waals surface area contributed by atoms with E-state index in [4.69, 9.17) is 4.74 Å². The van der Waals surface area contributed by atoms with Crippen LogP contribution in [-0.4, -0.2) is 6.61 Å². The van der Waals surface area contributed by atoms with Gasteiger partial charge in [-0.3, -0.25) is 0 Å². The van der Waals surface area contributed by atoms with Crippen LogP contribution < -0.4 is 0 Å². The summed E-state index contributed by atoms with van der Waals surface area (Å²) in [6, 6.07) is 16.4. The molecule has 0 spiro atoms. The Bertz CT molecular complexity index is 1160. The van der Waals surface area contributed by atoms with Crippen molar-refractivity contribution < 1.29 is 17.9 Å². The van der Waals surface area contributed by atoms with E-state index >= 15 is 0 Å². The molecular formula is C30H31F3O. The summed E-state index contributed by atoms with van der Waals surface area (Å²) in [6.45, 7) is 4.86. The fourth-order valence-electron chi connectivity index (χ4n) is 4.44. The average molecular weight is 465 g/mol. The van der Waals surface area contributed by atoms with Crippen molar-refractivity contribution in [2.45, 2.75) is 52.6 Å². The number of hydrogen-bond donors (Lipinski definition) is 0. The van der Waals surface area contributed by atoms with Crippen LogP contribution in [0.15, 0.2) is 60.7 Å². The van der Waals surface area contributed by atoms with E-state index < -0.39 is 11.6 Å². The van der Waals surface area contributed by atoms with E-state index in [1.54, 1.807) is 18.2 Å². The lowest BCUT2D eigenvalue weighted by atomic mass is 9.87. The molecule has 0 bridgehead atoms. The summed E-state index contributed by atoms with van der Waals surface area (Å²) >= 11 is 0. The van der Waals surface area contributed by atoms with E-state index in [1.165, 1.54) is 6.07 Å². The Morgan fingerprint density at radius 1 is 0.853 bits per heavy atom. The maximum Gasteiger partial charge on any atom is 0.166 e. The van der Waals surface area contributed by atoms with Gasteiger partial charge < -0.3 is 4.74 Å². The Morgan fingerprint density at radius 2 is 1.59 bits per heavy atom. The lowest BCUT2D eigenvalue weighted by molar-refractivity contribution is 0.131. The lowest BCUT2D eigenvalue weighted by Crippen LogP contribution is -2.05. The number of hydrogen-bond acceptors (Lipinski definition) is 1. The van der Waals surface area contributed by atoms with Crippen LogP contribution in [0.4, 0.5) is 13.2 Å². The molecule has 1 aliphatic rings. The number of ether oxygens (including phenoxy) is 1. The number of aryl methyl sites for hydroxylation is 2. The van der Waals surface area contributed by atoms with Crippen LogP contribution in [0.2, 0.25) is 0 Å². The Morgan fingerprint density at radius 3 is 2.26 bits per heavy atom. The molecule has 1 aliphatic carbocycles. The van der Waals surface area contributed by atoms with Crippen molar-refractivity contribution in [2.24, 2.45) is 5.92 Å². The maximum absolute atomic E-state index is 14.8. The summed E-state index contributed by atoms with van der Waals surface area (Å²) in [5.74, 6) is -1.16. The van der Waals surface area contributed by atoms with Crippen molar-refractivity contribution >= 4 is 5.57 Å². The van der Waals surface area contributed by atoms with Gasteiger partial charge >= 0.3 is 0 Å². The zero-order valence-corrected chi connectivity index (χ0v) is 19.8. The highest BCUT2D eigenvalue weighted by molar-refractivity contribution is 5.67. The third kappa shape index (κ3) is 5.61. The Kier molecular flexibility index (Phi) is 7.89. The smallest absolute Gasteiger partial charge is 0.166 e. The molecule has 0 saturated heterocycles. The van der Waals surface area contributed by atoms with Crippen LogP contribution in [0.1, 0.15) is 55.4 Å². The molecule has 4 rings (SSSR count). The standard InChI is InChI=1S/C30H31F3O/c1-3-34-19-26-15-14-25(18-28(26)31)22-11-6-21(7-12-22)8-13-24-16-17-27(30(33)29(24)32)23-9-4-20(2)5-10-23/h6-7,9,11-12,14-18,20H,3-5,8,10,13,19H2,1-2H3. The van der Waals surface area contributed by atoms with E-state index in [0.717, 1.165) is 41.5 Å². The van der Waals surface area contributed by atoms with E-state index in [9.17, 15) is 13.2 Å². The monoisotopic (exact) mass is 464 g/mol. The topological polar surface area (TPSA) is 9.23 Å². The van der Waals surface area contributed by atoms with E-state index in [2.05, 4.69) is 6.92 Å². The normalized spacial score (nSPS) is 15.9. The molecule has 0 saturated carbocycles. The fraction of sp³-hybridized carbons (Fsp3) is 0.333. The number of halogens is 3. The number of rotatable bonds is 8. The second-order valence-electron chi connectivity index (χ2n) is 9.15. The molecule has 1 atom stereocenters. The van der Waals surface area contributed by atoms with Crippen molar-refractivity contribution in [1.82, 2.24) is 0 Å². The van der Waals surface area contributed by atoms with Gasteiger partial charge in [-0.05, 0) is 78.8 Å². The SMILES string of the molecule is CCOCc1ccc(-c2ccc(CCc3ccc(C4=CCC(C)CC4)c(F)c3F)cc2)cc1F. The minimum atomic E-state index is -0.740. The van der Waals surface area contributed by atoms with Crippen LogP contribution in [-0.2, 0) is 24.2 Å². The average Bonchev–Trinajstić information content (AvgIpc) is 2.85. The molecular weight excluding hydrogens is 433 g/mol. The number of allylic oxidation sites excluding steroid dienone is 2. The minimum Gasteiger partial charge on any atom is -0.377 e. The molecule has 0 aliphatic heterocycles. The molecule has 3 aromatic rings. The molecule has 1 nitrogen and oxygen atoms in total. The highest BCUT2D eigenvalue weighted by Crippen LogP contribution is 2.33. The Labute approximate surface area is 200 Å². The van der Waals surface area contributed by atoms with Crippen molar-refractivity contribution in [2.75, 3.05) is 6.61 Å². The van der Waals surface area contributed by atoms with Crippen LogP contribution in [0.5, 0.6) is 0 Å². The van der Waals surface area contributed by atoms with Gasteiger partial charge in [0.25, 0.3) is 0 Å². The van der Waals surface area contributed by atoms with E-state index in [-0.39, 0.29) is 12.4 Å². The van der Waals surface area contributed by atoms with Gasteiger partial charge in [0.05, 0.1) is 6.61 Å². The fourth-order valence-corrected chi connectivity index (χ4v) is 4.44. The van der Waals surface area contributed by atoms with Crippen LogP contribution in [0.3, 0.4) is 0 Å². The molecule has 3 aromatic carbocycles. The van der Waals surface area contributed by atoms with Gasteiger partial charge in [-0.15, -0.1) is 0 Å². The summed E-state index contributed by atoms with van der Waals surface area (Å²) in [4.78, 5) is 0. The highest BCUT2D eigenvalue weighted by Gasteiger charge is 2.19. The van der Waals surface area contributed by atoms with Crippen LogP contribution >= 0.6 is 0 Å². The van der Waals surface area contributed by atoms with Gasteiger partial charge in [0.15, 0.2) is 11.6 Å². The van der Waals surface area contributed by atoms with Gasteiger partial charge in [0.2, 0.25) is 0 Å². The summed E-state index contributed by atoms with van der Waals surface area (Å²) in [7, 11) is 0. The summed E-state index contributed by atoms with van der Waals surface area (Å²) < 4.78 is 49.2. The Hall–Kier alpha value is -2.85. The Balaban J connectivity index is 1.42. The van der Waals surface area contributed by atoms with Crippen LogP contribution in [0, 0.1) is 23.4 Å². The second kappa shape index (κ2) is 11.1. The zero-order chi connectivity index (χ0) is 24.1. The largest absolute Gasteiger partial charge is 0.377 e. The molecule has 0 heterocycles. The summed E-state index contributed by atoms with van der Waals surface area (Å²) in [5, 5.41) is 0. The number of benzene rings is 3. The first-order chi connectivity index (χ1) is 16.5. The van der Waals surface area contributed by atoms with Crippen molar-refractivity contribution in [3.8, 4) is 11.1 Å². The van der Waals surface area contributed by atoms with E-state index in [0.29, 0.717) is 42.1 Å². The molecule has 0 radical (unpaired) electrons. The third-order valence-electron chi connectivity index (χ3n) is 6.67. The minimum absolute atomic E-state index is 0.260. The van der Waals surface area contributed by atoms with Gasteiger partial charge in [0, 0.05) is 17.7 Å². The molecule has 0 N–H and O–H groups in total. The van der Waals surface area contributed by atoms with Crippen molar-refractivity contribution in [3.63, 3.8) is 0 Å². The molecule has 0 amide bonds. The third-order valence-corrected chi connectivity index (χ3v) is 6.67. The molecule has 1 unspecified atom stereocenters. The molecule has 4 heteroatoms. The highest BCUT2D eigenvalue weighted by atomic mass is 19.2. The predicted octanol–water partition coefficient (Wildman–Crippen LogP) is 8.30. The summed E-state index contributed by atoms with van der Waals surface area (Å²) in [6.07, 6.45) is 5.78. The van der Waals surface area contributed by atoms with Crippen molar-refractivity contribution in [3.05, 3.63) is 100 Å². The van der Waals surface area contributed by atoms with Crippen molar-refractivity contribution in [1.29, 1.82) is 0 Å². The van der Waals surface area contributed by atoms with Gasteiger partial charge in [-0.1, -0.05) is 61.5 Å². The van der Waals surface area contributed by atoms with Gasteiger partial charge in [0.1, 0.15) is 5.82 Å². The van der Waals surface area contributed by atoms with Crippen LogP contribution in [0.25, 0.3) is 16.7 Å². The molecule has 0 aromatic heterocycles. The second-order valence-corrected chi connectivity index (χ2v) is 9.15. The zero-order valence-electron chi connectivity index (χ0n) is 19.8. The lowest BCUT2D eigenvalue weighted by Gasteiger charge is -2.19. The molecule has 0 fully saturated rings.